The zero-order valence-corrected chi connectivity index (χ0v) is 16.8. The van der Waals surface area contributed by atoms with Gasteiger partial charge in [0.2, 0.25) is 0 Å². The number of hydrogen-bond donors (Lipinski definition) is 2. The van der Waals surface area contributed by atoms with Crippen LogP contribution in [0.15, 0.2) is 54.7 Å². The summed E-state index contributed by atoms with van der Waals surface area (Å²) in [7, 11) is 1.62. The van der Waals surface area contributed by atoms with Crippen LogP contribution in [0.25, 0.3) is 16.9 Å². The molecule has 1 unspecified atom stereocenters. The second kappa shape index (κ2) is 8.09. The lowest BCUT2D eigenvalue weighted by atomic mass is 10.1. The largest absolute Gasteiger partial charge is 0.497 e. The summed E-state index contributed by atoms with van der Waals surface area (Å²) in [5.41, 5.74) is 10.2. The van der Waals surface area contributed by atoms with E-state index in [1.807, 2.05) is 55.5 Å². The van der Waals surface area contributed by atoms with Crippen molar-refractivity contribution in [3.63, 3.8) is 0 Å². The number of carbonyl (C=O) groups is 1. The molecule has 0 bridgehead atoms. The lowest BCUT2D eigenvalue weighted by Crippen LogP contribution is -2.38. The van der Waals surface area contributed by atoms with Gasteiger partial charge >= 0.3 is 0 Å². The summed E-state index contributed by atoms with van der Waals surface area (Å²) in [5, 5.41) is 7.70. The van der Waals surface area contributed by atoms with E-state index < -0.39 is 0 Å². The maximum absolute atomic E-state index is 13.0. The van der Waals surface area contributed by atoms with E-state index in [4.69, 9.17) is 15.6 Å². The van der Waals surface area contributed by atoms with Crippen LogP contribution in [0.5, 0.6) is 5.75 Å². The molecule has 1 fully saturated rings. The summed E-state index contributed by atoms with van der Waals surface area (Å²) in [6, 6.07) is 15.6. The van der Waals surface area contributed by atoms with E-state index in [-0.39, 0.29) is 11.9 Å². The van der Waals surface area contributed by atoms with Crippen LogP contribution >= 0.6 is 0 Å². The average molecular weight is 390 g/mol. The minimum atomic E-state index is -0.169. The highest BCUT2D eigenvalue weighted by Gasteiger charge is 2.29. The molecule has 1 aromatic heterocycles. The molecular weight excluding hydrogens is 364 g/mol. The van der Waals surface area contributed by atoms with Gasteiger partial charge in [0, 0.05) is 24.3 Å². The van der Waals surface area contributed by atoms with Crippen molar-refractivity contribution in [1.82, 2.24) is 15.1 Å². The van der Waals surface area contributed by atoms with Crippen molar-refractivity contribution in [1.29, 1.82) is 0 Å². The van der Waals surface area contributed by atoms with Crippen molar-refractivity contribution >= 4 is 5.91 Å². The highest BCUT2D eigenvalue weighted by molar-refractivity contribution is 6.00. The Kier molecular flexibility index (Phi) is 5.36. The maximum atomic E-state index is 13.0. The number of benzene rings is 2. The maximum Gasteiger partial charge on any atom is 0.255 e. The zero-order valence-electron chi connectivity index (χ0n) is 16.8. The number of nitrogens with one attached hydrogen (secondary N) is 1. The number of nitrogens with two attached hydrogens (primary N) is 1. The minimum Gasteiger partial charge on any atom is -0.497 e. The highest BCUT2D eigenvalue weighted by atomic mass is 16.5. The van der Waals surface area contributed by atoms with Crippen molar-refractivity contribution in [3.8, 4) is 22.7 Å². The van der Waals surface area contributed by atoms with Crippen molar-refractivity contribution in [2.75, 3.05) is 13.7 Å². The van der Waals surface area contributed by atoms with Crippen LogP contribution in [0.3, 0.4) is 0 Å². The third-order valence-electron chi connectivity index (χ3n) is 5.33. The summed E-state index contributed by atoms with van der Waals surface area (Å²) in [5.74, 6) is 1.08. The molecule has 6 heteroatoms. The molecule has 1 saturated carbocycles. The van der Waals surface area contributed by atoms with E-state index >= 15 is 0 Å². The van der Waals surface area contributed by atoms with Gasteiger partial charge in [-0.2, -0.15) is 5.10 Å². The first-order valence-corrected chi connectivity index (χ1v) is 9.90. The van der Waals surface area contributed by atoms with E-state index in [2.05, 4.69) is 5.32 Å². The topological polar surface area (TPSA) is 82.2 Å². The average Bonchev–Trinajstić information content (AvgIpc) is 3.51. The molecule has 0 aliphatic heterocycles. The summed E-state index contributed by atoms with van der Waals surface area (Å²) in [4.78, 5) is 13.0. The molecule has 1 atom stereocenters. The number of rotatable bonds is 7. The second-order valence-electron chi connectivity index (χ2n) is 7.61. The highest BCUT2D eigenvalue weighted by Crippen LogP contribution is 2.31. The molecule has 6 nitrogen and oxygen atoms in total. The number of carbonyl (C=O) groups excluding carboxylic acids is 1. The van der Waals surface area contributed by atoms with Gasteiger partial charge in [-0.3, -0.25) is 4.79 Å². The Morgan fingerprint density at radius 3 is 2.72 bits per heavy atom. The van der Waals surface area contributed by atoms with Gasteiger partial charge < -0.3 is 15.8 Å². The molecule has 1 amide bonds. The number of nitrogens with zero attached hydrogens (tertiary/aromatic N) is 2. The molecule has 3 N–H and O–H groups in total. The van der Waals surface area contributed by atoms with Crippen LogP contribution in [0, 0.1) is 12.8 Å². The third-order valence-corrected chi connectivity index (χ3v) is 5.33. The Morgan fingerprint density at radius 2 is 2.03 bits per heavy atom. The Balaban J connectivity index is 1.68. The molecule has 1 heterocycles. The number of aromatic nitrogens is 2. The van der Waals surface area contributed by atoms with Crippen LogP contribution in [0.4, 0.5) is 0 Å². The molecular formula is C23H26N4O2. The van der Waals surface area contributed by atoms with Crippen LogP contribution in [-0.4, -0.2) is 35.4 Å². The SMILES string of the molecule is COc1cccc(-c2nn(-c3ccc(C)cc3)cc2C(=O)NCC(N)C2CC2)c1. The van der Waals surface area contributed by atoms with Gasteiger partial charge in [0.05, 0.1) is 18.4 Å². The third kappa shape index (κ3) is 4.32. The Bertz CT molecular complexity index is 1010. The predicted molar refractivity (Wildman–Crippen MR) is 113 cm³/mol. The fraction of sp³-hybridized carbons (Fsp3) is 0.304. The lowest BCUT2D eigenvalue weighted by Gasteiger charge is -2.11. The van der Waals surface area contributed by atoms with Gasteiger partial charge in [0.25, 0.3) is 5.91 Å². The molecule has 150 valence electrons. The molecule has 29 heavy (non-hydrogen) atoms. The van der Waals surface area contributed by atoms with Crippen LogP contribution in [0.1, 0.15) is 28.8 Å². The van der Waals surface area contributed by atoms with Gasteiger partial charge in [0.1, 0.15) is 11.4 Å². The number of amides is 1. The first kappa shape index (κ1) is 19.2. The number of ether oxygens (including phenoxy) is 1. The van der Waals surface area contributed by atoms with Gasteiger partial charge in [-0.1, -0.05) is 29.8 Å². The second-order valence-corrected chi connectivity index (χ2v) is 7.61. The Morgan fingerprint density at radius 1 is 1.28 bits per heavy atom. The van der Waals surface area contributed by atoms with Crippen molar-refractivity contribution in [2.45, 2.75) is 25.8 Å². The zero-order chi connectivity index (χ0) is 20.4. The molecule has 0 spiro atoms. The Labute approximate surface area is 170 Å². The van der Waals surface area contributed by atoms with Gasteiger partial charge in [0.15, 0.2) is 0 Å². The monoisotopic (exact) mass is 390 g/mol. The molecule has 0 radical (unpaired) electrons. The first-order valence-electron chi connectivity index (χ1n) is 9.90. The normalized spacial score (nSPS) is 14.4. The molecule has 3 aromatic rings. The Hall–Kier alpha value is -3.12. The van der Waals surface area contributed by atoms with E-state index in [9.17, 15) is 4.79 Å². The summed E-state index contributed by atoms with van der Waals surface area (Å²) < 4.78 is 7.08. The van der Waals surface area contributed by atoms with Crippen LogP contribution in [-0.2, 0) is 0 Å². The fourth-order valence-corrected chi connectivity index (χ4v) is 3.35. The van der Waals surface area contributed by atoms with E-state index in [0.29, 0.717) is 23.7 Å². The van der Waals surface area contributed by atoms with E-state index in [1.165, 1.54) is 5.56 Å². The first-order chi connectivity index (χ1) is 14.0. The van der Waals surface area contributed by atoms with Gasteiger partial charge in [-0.05, 0) is 49.9 Å². The van der Waals surface area contributed by atoms with Gasteiger partial charge in [-0.25, -0.2) is 4.68 Å². The molecule has 1 aliphatic rings. The van der Waals surface area contributed by atoms with Crippen molar-refractivity contribution in [2.24, 2.45) is 11.7 Å². The van der Waals surface area contributed by atoms with Gasteiger partial charge in [-0.15, -0.1) is 0 Å². The summed E-state index contributed by atoms with van der Waals surface area (Å²) >= 11 is 0. The number of methoxy groups -OCH3 is 1. The molecule has 1 aliphatic carbocycles. The standard InChI is InChI=1S/C23H26N4O2/c1-15-6-10-18(11-7-15)27-14-20(23(28)25-13-21(24)16-8-9-16)22(26-27)17-4-3-5-19(12-17)29-2/h3-7,10-12,14,16,21H,8-9,13,24H2,1-2H3,(H,25,28). The molecule has 2 aromatic carbocycles. The summed E-state index contributed by atoms with van der Waals surface area (Å²) in [6.45, 7) is 2.51. The number of aryl methyl sites for hydroxylation is 1. The van der Waals surface area contributed by atoms with Crippen molar-refractivity contribution < 1.29 is 9.53 Å². The molecule has 4 rings (SSSR count). The van der Waals surface area contributed by atoms with E-state index in [1.54, 1.807) is 18.0 Å². The predicted octanol–water partition coefficient (Wildman–Crippen LogP) is 3.32. The van der Waals surface area contributed by atoms with Crippen LogP contribution < -0.4 is 15.8 Å². The molecule has 0 saturated heterocycles. The fourth-order valence-electron chi connectivity index (χ4n) is 3.35. The quantitative estimate of drug-likeness (QED) is 0.648. The summed E-state index contributed by atoms with van der Waals surface area (Å²) in [6.07, 6.45) is 4.08. The lowest BCUT2D eigenvalue weighted by molar-refractivity contribution is 0.0951. The van der Waals surface area contributed by atoms with E-state index in [0.717, 1.165) is 29.8 Å². The smallest absolute Gasteiger partial charge is 0.255 e. The van der Waals surface area contributed by atoms with Crippen LogP contribution in [0.2, 0.25) is 0 Å². The minimum absolute atomic E-state index is 0.00589. The number of hydrogen-bond acceptors (Lipinski definition) is 4. The van der Waals surface area contributed by atoms with Crippen molar-refractivity contribution in [3.05, 3.63) is 65.9 Å².